The fourth-order valence-electron chi connectivity index (χ4n) is 4.18. The Morgan fingerprint density at radius 1 is 1.09 bits per heavy atom. The Balaban J connectivity index is 1.79. The van der Waals surface area contributed by atoms with Crippen LogP contribution in [0.25, 0.3) is 11.4 Å². The second-order valence-corrected chi connectivity index (χ2v) is 8.32. The zero-order valence-electron chi connectivity index (χ0n) is 19.0. The summed E-state index contributed by atoms with van der Waals surface area (Å²) in [5, 5.41) is 15.7. The molecule has 1 aliphatic rings. The molecule has 8 nitrogen and oxygen atoms in total. The first-order valence-electron chi connectivity index (χ1n) is 10.8. The van der Waals surface area contributed by atoms with E-state index in [2.05, 4.69) is 10.1 Å². The van der Waals surface area contributed by atoms with Crippen LogP contribution in [0.4, 0.5) is 0 Å². The fraction of sp³-hybridized carbons (Fsp3) is 0.280. The number of para-hydroxylation sites is 1. The van der Waals surface area contributed by atoms with Crippen LogP contribution in [0, 0.1) is 6.92 Å². The third-order valence-corrected chi connectivity index (χ3v) is 5.83. The predicted octanol–water partition coefficient (Wildman–Crippen LogP) is 2.95. The number of aliphatic hydroxyl groups is 1. The first kappa shape index (κ1) is 22.4. The molecule has 1 aliphatic heterocycles. The third-order valence-electron chi connectivity index (χ3n) is 5.83. The normalized spacial score (nSPS) is 17.8. The molecule has 0 unspecified atom stereocenters. The maximum atomic E-state index is 13.1. The molecule has 170 valence electrons. The summed E-state index contributed by atoms with van der Waals surface area (Å²) in [6.45, 7) is 2.99. The number of carbonyl (C=O) groups is 2. The maximum Gasteiger partial charge on any atom is 0.295 e. The molecule has 0 saturated carbocycles. The molecule has 1 amide bonds. The van der Waals surface area contributed by atoms with Gasteiger partial charge in [-0.1, -0.05) is 18.2 Å². The van der Waals surface area contributed by atoms with Gasteiger partial charge in [0.1, 0.15) is 5.76 Å². The average Bonchev–Trinajstić information content (AvgIpc) is 3.32. The number of carbonyl (C=O) groups excluding carboxylic acids is 2. The number of hydrogen-bond acceptors (Lipinski definition) is 6. The van der Waals surface area contributed by atoms with E-state index in [4.69, 9.17) is 0 Å². The molecular weight excluding hydrogens is 418 g/mol. The summed E-state index contributed by atoms with van der Waals surface area (Å²) in [5.74, 6) is -1.51. The highest BCUT2D eigenvalue weighted by molar-refractivity contribution is 6.46. The van der Waals surface area contributed by atoms with E-state index >= 15 is 0 Å². The van der Waals surface area contributed by atoms with E-state index in [1.54, 1.807) is 34.1 Å². The van der Waals surface area contributed by atoms with Gasteiger partial charge in [-0.25, -0.2) is 4.68 Å². The average molecular weight is 446 g/mol. The summed E-state index contributed by atoms with van der Waals surface area (Å²) in [7, 11) is 3.92. The largest absolute Gasteiger partial charge is 0.507 e. The number of aliphatic hydroxyl groups excluding tert-OH is 1. The van der Waals surface area contributed by atoms with Crippen molar-refractivity contribution in [3.63, 3.8) is 0 Å². The molecule has 1 atom stereocenters. The van der Waals surface area contributed by atoms with E-state index in [1.165, 1.54) is 6.20 Å². The Morgan fingerprint density at radius 2 is 1.79 bits per heavy atom. The van der Waals surface area contributed by atoms with E-state index in [-0.39, 0.29) is 11.3 Å². The van der Waals surface area contributed by atoms with Crippen molar-refractivity contribution >= 4 is 17.4 Å². The number of Topliss-reactive ketones (excluding diaryl/α,β-unsaturated/α-hetero) is 1. The van der Waals surface area contributed by atoms with Crippen LogP contribution >= 0.6 is 0 Å². The molecule has 0 aliphatic carbocycles. The van der Waals surface area contributed by atoms with Crippen LogP contribution in [0.2, 0.25) is 0 Å². The lowest BCUT2D eigenvalue weighted by Gasteiger charge is -2.25. The molecule has 33 heavy (non-hydrogen) atoms. The number of likely N-dealkylation sites (tertiary alicyclic amines) is 1. The van der Waals surface area contributed by atoms with Crippen molar-refractivity contribution in [2.75, 3.05) is 27.2 Å². The van der Waals surface area contributed by atoms with Crippen LogP contribution < -0.4 is 0 Å². The van der Waals surface area contributed by atoms with Crippen LogP contribution in [-0.2, 0) is 9.59 Å². The topological polar surface area (TPSA) is 91.6 Å². The summed E-state index contributed by atoms with van der Waals surface area (Å²) in [5.41, 5.74) is 2.73. The lowest BCUT2D eigenvalue weighted by atomic mass is 9.96. The van der Waals surface area contributed by atoms with Crippen LogP contribution in [0.1, 0.15) is 29.3 Å². The molecule has 0 bridgehead atoms. The lowest BCUT2D eigenvalue weighted by Crippen LogP contribution is -2.32. The standard InChI is InChI=1S/C25H27N5O3/c1-17-20(16-27-30(17)19-8-5-4-6-9-19)23(31)21-22(18-10-12-26-13-11-18)29(25(33)24(21)32)15-7-14-28(2)3/h4-6,8-13,16,22,31H,7,14-15H2,1-3H3/t22-/m1/s1. The molecule has 3 heterocycles. The first-order chi connectivity index (χ1) is 15.9. The second kappa shape index (κ2) is 9.38. The number of aromatic nitrogens is 3. The summed E-state index contributed by atoms with van der Waals surface area (Å²) in [6, 6.07) is 12.4. The number of nitrogens with zero attached hydrogens (tertiary/aromatic N) is 5. The first-order valence-corrected chi connectivity index (χ1v) is 10.8. The Morgan fingerprint density at radius 3 is 2.45 bits per heavy atom. The molecule has 0 spiro atoms. The SMILES string of the molecule is Cc1c(C(O)=C2C(=O)C(=O)N(CCCN(C)C)[C@@H]2c2ccncc2)cnn1-c1ccccc1. The van der Waals surface area contributed by atoms with Gasteiger partial charge in [0.25, 0.3) is 11.7 Å². The highest BCUT2D eigenvalue weighted by Crippen LogP contribution is 2.39. The molecule has 4 rings (SSSR count). The van der Waals surface area contributed by atoms with Crippen molar-refractivity contribution in [3.8, 4) is 5.69 Å². The summed E-state index contributed by atoms with van der Waals surface area (Å²) < 4.78 is 1.70. The number of rotatable bonds is 7. The molecule has 8 heteroatoms. The zero-order chi connectivity index (χ0) is 23.5. The highest BCUT2D eigenvalue weighted by Gasteiger charge is 2.46. The van der Waals surface area contributed by atoms with Gasteiger partial charge in [0.2, 0.25) is 0 Å². The highest BCUT2D eigenvalue weighted by atomic mass is 16.3. The van der Waals surface area contributed by atoms with Crippen LogP contribution in [0.5, 0.6) is 0 Å². The van der Waals surface area contributed by atoms with Gasteiger partial charge in [0.05, 0.1) is 34.8 Å². The van der Waals surface area contributed by atoms with E-state index in [1.807, 2.05) is 56.3 Å². The molecule has 1 fully saturated rings. The van der Waals surface area contributed by atoms with Crippen molar-refractivity contribution < 1.29 is 14.7 Å². The number of benzene rings is 1. The number of pyridine rings is 1. The van der Waals surface area contributed by atoms with E-state index in [0.717, 1.165) is 17.8 Å². The number of hydrogen-bond donors (Lipinski definition) is 1. The minimum Gasteiger partial charge on any atom is -0.507 e. The number of amides is 1. The van der Waals surface area contributed by atoms with Gasteiger partial charge >= 0.3 is 0 Å². The lowest BCUT2D eigenvalue weighted by molar-refractivity contribution is -0.139. The zero-order valence-corrected chi connectivity index (χ0v) is 19.0. The van der Waals surface area contributed by atoms with E-state index < -0.39 is 17.7 Å². The molecule has 1 saturated heterocycles. The van der Waals surface area contributed by atoms with Gasteiger partial charge in [-0.2, -0.15) is 5.10 Å². The van der Waals surface area contributed by atoms with Gasteiger partial charge in [-0.05, 0) is 63.8 Å². The maximum absolute atomic E-state index is 13.1. The molecule has 0 radical (unpaired) electrons. The van der Waals surface area contributed by atoms with Gasteiger partial charge in [-0.3, -0.25) is 14.6 Å². The van der Waals surface area contributed by atoms with Crippen molar-refractivity contribution in [2.24, 2.45) is 0 Å². The van der Waals surface area contributed by atoms with Crippen LogP contribution in [0.3, 0.4) is 0 Å². The minimum atomic E-state index is -0.689. The predicted molar refractivity (Wildman–Crippen MR) is 125 cm³/mol. The van der Waals surface area contributed by atoms with Crippen LogP contribution in [-0.4, -0.2) is 68.5 Å². The van der Waals surface area contributed by atoms with Crippen LogP contribution in [0.15, 0.2) is 66.6 Å². The molecule has 1 N–H and O–H groups in total. The van der Waals surface area contributed by atoms with E-state index in [9.17, 15) is 14.7 Å². The smallest absolute Gasteiger partial charge is 0.295 e. The van der Waals surface area contributed by atoms with Crippen molar-refractivity contribution in [2.45, 2.75) is 19.4 Å². The Bertz CT molecular complexity index is 1190. The molecule has 3 aromatic rings. The molecule has 2 aromatic heterocycles. The summed E-state index contributed by atoms with van der Waals surface area (Å²) in [6.07, 6.45) is 5.47. The second-order valence-electron chi connectivity index (χ2n) is 8.32. The van der Waals surface area contributed by atoms with Gasteiger partial charge in [-0.15, -0.1) is 0 Å². The van der Waals surface area contributed by atoms with Crippen molar-refractivity contribution in [3.05, 3.63) is 83.4 Å². The van der Waals surface area contributed by atoms with Gasteiger partial charge in [0, 0.05) is 18.9 Å². The number of ketones is 1. The summed E-state index contributed by atoms with van der Waals surface area (Å²) in [4.78, 5) is 33.8. The van der Waals surface area contributed by atoms with Gasteiger partial charge in [0.15, 0.2) is 0 Å². The summed E-state index contributed by atoms with van der Waals surface area (Å²) >= 11 is 0. The van der Waals surface area contributed by atoms with Crippen molar-refractivity contribution in [1.29, 1.82) is 0 Å². The minimum absolute atomic E-state index is 0.0757. The molecule has 1 aromatic carbocycles. The Labute approximate surface area is 192 Å². The fourth-order valence-corrected chi connectivity index (χ4v) is 4.18. The quantitative estimate of drug-likeness (QED) is 0.342. The monoisotopic (exact) mass is 445 g/mol. The Kier molecular flexibility index (Phi) is 6.37. The third kappa shape index (κ3) is 4.29. The van der Waals surface area contributed by atoms with Gasteiger partial charge < -0.3 is 14.9 Å². The van der Waals surface area contributed by atoms with Crippen molar-refractivity contribution in [1.82, 2.24) is 24.6 Å². The Hall–Kier alpha value is -3.78. The molecular formula is C25H27N5O3. The van der Waals surface area contributed by atoms with E-state index in [0.29, 0.717) is 24.2 Å².